The van der Waals surface area contributed by atoms with E-state index in [0.717, 1.165) is 28.7 Å². The molecule has 1 aliphatic heterocycles. The molecule has 4 rings (SSSR count). The second kappa shape index (κ2) is 8.69. The van der Waals surface area contributed by atoms with Crippen LogP contribution in [0.1, 0.15) is 30.5 Å². The highest BCUT2D eigenvalue weighted by molar-refractivity contribution is 6.32. The van der Waals surface area contributed by atoms with Crippen LogP contribution in [-0.2, 0) is 17.8 Å². The molecule has 1 N–H and O–H groups in total. The molecule has 0 saturated heterocycles. The Morgan fingerprint density at radius 2 is 2.13 bits per heavy atom. The largest absolute Gasteiger partial charge is 0.489 e. The predicted molar refractivity (Wildman–Crippen MR) is 117 cm³/mol. The number of hydrogen-bond acceptors (Lipinski definition) is 6. The molecule has 0 amide bonds. The normalized spacial score (nSPS) is 14.0. The number of hydrogen-bond donors (Lipinski definition) is 1. The molecule has 31 heavy (non-hydrogen) atoms. The van der Waals surface area contributed by atoms with Crippen molar-refractivity contribution >= 4 is 17.6 Å². The molecule has 0 atom stereocenters. The van der Waals surface area contributed by atoms with Crippen molar-refractivity contribution in [3.8, 4) is 28.6 Å². The van der Waals surface area contributed by atoms with Crippen molar-refractivity contribution in [3.63, 3.8) is 0 Å². The monoisotopic (exact) mass is 441 g/mol. The van der Waals surface area contributed by atoms with Crippen LogP contribution in [0, 0.1) is 6.92 Å². The average Bonchev–Trinajstić information content (AvgIpc) is 3.19. The molecule has 7 nitrogen and oxygen atoms in total. The maximum absolute atomic E-state index is 11.0. The Kier molecular flexibility index (Phi) is 5.98. The van der Waals surface area contributed by atoms with Crippen molar-refractivity contribution in [1.29, 1.82) is 0 Å². The second-order valence-corrected chi connectivity index (χ2v) is 8.37. The van der Waals surface area contributed by atoms with Gasteiger partial charge in [-0.05, 0) is 62.1 Å². The van der Waals surface area contributed by atoms with Gasteiger partial charge in [-0.1, -0.05) is 28.9 Å². The molecule has 162 valence electrons. The number of carboxylic acid groups (broad SMARTS) is 1. The molecule has 0 saturated carbocycles. The smallest absolute Gasteiger partial charge is 0.317 e. The Bertz CT molecular complexity index is 1130. The summed E-state index contributed by atoms with van der Waals surface area (Å²) in [6.45, 7) is 7.33. The van der Waals surface area contributed by atoms with Gasteiger partial charge in [-0.15, -0.1) is 0 Å². The minimum atomic E-state index is -0.806. The van der Waals surface area contributed by atoms with Gasteiger partial charge in [0.1, 0.15) is 5.75 Å². The van der Waals surface area contributed by atoms with E-state index in [1.807, 2.05) is 43.9 Å². The van der Waals surface area contributed by atoms with E-state index in [-0.39, 0.29) is 12.6 Å². The van der Waals surface area contributed by atoms with E-state index >= 15 is 0 Å². The van der Waals surface area contributed by atoms with Crippen LogP contribution in [0.3, 0.4) is 0 Å². The van der Waals surface area contributed by atoms with E-state index in [0.29, 0.717) is 35.6 Å². The topological polar surface area (TPSA) is 88.7 Å². The lowest BCUT2D eigenvalue weighted by molar-refractivity contribution is -0.138. The summed E-state index contributed by atoms with van der Waals surface area (Å²) >= 11 is 6.34. The van der Waals surface area contributed by atoms with Crippen molar-refractivity contribution in [2.75, 3.05) is 13.1 Å². The van der Waals surface area contributed by atoms with Gasteiger partial charge in [0.15, 0.2) is 0 Å². The van der Waals surface area contributed by atoms with Crippen LogP contribution < -0.4 is 4.74 Å². The molecular formula is C23H24ClN3O4. The van der Waals surface area contributed by atoms with Gasteiger partial charge in [0, 0.05) is 24.2 Å². The molecule has 0 aliphatic carbocycles. The molecule has 1 aromatic heterocycles. The zero-order valence-corrected chi connectivity index (χ0v) is 18.4. The lowest BCUT2D eigenvalue weighted by Gasteiger charge is -2.28. The van der Waals surface area contributed by atoms with Crippen LogP contribution in [-0.4, -0.2) is 45.3 Å². The van der Waals surface area contributed by atoms with Gasteiger partial charge in [-0.2, -0.15) is 4.98 Å². The van der Waals surface area contributed by atoms with Gasteiger partial charge in [-0.3, -0.25) is 9.69 Å². The molecular weight excluding hydrogens is 418 g/mol. The van der Waals surface area contributed by atoms with Gasteiger partial charge < -0.3 is 14.4 Å². The lowest BCUT2D eigenvalue weighted by Crippen LogP contribution is -2.35. The number of carbonyl (C=O) groups is 1. The fourth-order valence-electron chi connectivity index (χ4n) is 3.90. The maximum Gasteiger partial charge on any atom is 0.317 e. The molecule has 8 heteroatoms. The minimum Gasteiger partial charge on any atom is -0.489 e. The first-order valence-corrected chi connectivity index (χ1v) is 10.6. The predicted octanol–water partition coefficient (Wildman–Crippen LogP) is 4.60. The standard InChI is InChI=1S/C23H24ClN3O4/c1-13(2)30-20-7-5-15(10-19(20)24)23-25-22(26-31-23)18-6-4-16-11-27(12-21(28)29)9-8-17(16)14(18)3/h4-7,10,13H,8-9,11-12H2,1-3H3,(H,28,29). The molecule has 0 spiro atoms. The van der Waals surface area contributed by atoms with Gasteiger partial charge in [-0.25, -0.2) is 0 Å². The number of aliphatic carboxylic acids is 1. The van der Waals surface area contributed by atoms with E-state index < -0.39 is 5.97 Å². The third-order valence-corrected chi connectivity index (χ3v) is 5.63. The summed E-state index contributed by atoms with van der Waals surface area (Å²) in [5.41, 5.74) is 5.10. The molecule has 0 unspecified atom stereocenters. The molecule has 0 radical (unpaired) electrons. The first-order valence-electron chi connectivity index (χ1n) is 10.2. The van der Waals surface area contributed by atoms with Gasteiger partial charge in [0.2, 0.25) is 5.82 Å². The SMILES string of the molecule is Cc1c(-c2noc(-c3ccc(OC(C)C)c(Cl)c3)n2)ccc2c1CCN(CC(=O)O)C2. The maximum atomic E-state index is 11.0. The summed E-state index contributed by atoms with van der Waals surface area (Å²) in [7, 11) is 0. The Balaban J connectivity index is 1.59. The summed E-state index contributed by atoms with van der Waals surface area (Å²) in [6.07, 6.45) is 0.821. The molecule has 2 aromatic carbocycles. The molecule has 3 aromatic rings. The van der Waals surface area contributed by atoms with Gasteiger partial charge in [0.25, 0.3) is 5.89 Å². The second-order valence-electron chi connectivity index (χ2n) is 7.97. The first-order chi connectivity index (χ1) is 14.8. The number of rotatable bonds is 6. The third kappa shape index (κ3) is 4.57. The van der Waals surface area contributed by atoms with Crippen molar-refractivity contribution in [1.82, 2.24) is 15.0 Å². The zero-order valence-electron chi connectivity index (χ0n) is 17.7. The Morgan fingerprint density at radius 3 is 2.84 bits per heavy atom. The number of halogens is 1. The third-order valence-electron chi connectivity index (χ3n) is 5.33. The van der Waals surface area contributed by atoms with Gasteiger partial charge >= 0.3 is 5.97 Å². The fraction of sp³-hybridized carbons (Fsp3) is 0.348. The van der Waals surface area contributed by atoms with E-state index in [1.54, 1.807) is 12.1 Å². The first kappa shape index (κ1) is 21.3. The average molecular weight is 442 g/mol. The van der Waals surface area contributed by atoms with Crippen LogP contribution in [0.2, 0.25) is 5.02 Å². The molecule has 0 bridgehead atoms. The van der Waals surface area contributed by atoms with Crippen LogP contribution in [0.15, 0.2) is 34.9 Å². The summed E-state index contributed by atoms with van der Waals surface area (Å²) in [5, 5.41) is 13.7. The van der Waals surface area contributed by atoms with Crippen LogP contribution in [0.5, 0.6) is 5.75 Å². The highest BCUT2D eigenvalue weighted by Crippen LogP contribution is 2.33. The van der Waals surface area contributed by atoms with Crippen LogP contribution in [0.25, 0.3) is 22.8 Å². The molecule has 0 fully saturated rings. The van der Waals surface area contributed by atoms with Crippen LogP contribution in [0.4, 0.5) is 0 Å². The highest BCUT2D eigenvalue weighted by atomic mass is 35.5. The van der Waals surface area contributed by atoms with Crippen LogP contribution >= 0.6 is 11.6 Å². The minimum absolute atomic E-state index is 0.0292. The van der Waals surface area contributed by atoms with E-state index in [4.69, 9.17) is 26.0 Å². The van der Waals surface area contributed by atoms with E-state index in [1.165, 1.54) is 5.56 Å². The van der Waals surface area contributed by atoms with Crippen molar-refractivity contribution in [3.05, 3.63) is 52.0 Å². The van der Waals surface area contributed by atoms with Crippen molar-refractivity contribution in [2.45, 2.75) is 39.8 Å². The van der Waals surface area contributed by atoms with E-state index in [9.17, 15) is 4.79 Å². The zero-order chi connectivity index (χ0) is 22.1. The Labute approximate surface area is 185 Å². The fourth-order valence-corrected chi connectivity index (χ4v) is 4.13. The Morgan fingerprint density at radius 1 is 1.32 bits per heavy atom. The van der Waals surface area contributed by atoms with E-state index in [2.05, 4.69) is 10.1 Å². The number of carboxylic acids is 1. The van der Waals surface area contributed by atoms with Crippen molar-refractivity contribution < 1.29 is 19.2 Å². The van der Waals surface area contributed by atoms with Crippen molar-refractivity contribution in [2.24, 2.45) is 0 Å². The lowest BCUT2D eigenvalue weighted by atomic mass is 9.91. The summed E-state index contributed by atoms with van der Waals surface area (Å²) in [5.74, 6) is 0.710. The van der Waals surface area contributed by atoms with Gasteiger partial charge in [0.05, 0.1) is 17.7 Å². The summed E-state index contributed by atoms with van der Waals surface area (Å²) < 4.78 is 11.2. The highest BCUT2D eigenvalue weighted by Gasteiger charge is 2.22. The quantitative estimate of drug-likeness (QED) is 0.598. The number of nitrogens with zero attached hydrogens (tertiary/aromatic N) is 3. The number of aromatic nitrogens is 2. The summed E-state index contributed by atoms with van der Waals surface area (Å²) in [6, 6.07) is 9.40. The molecule has 1 aliphatic rings. The Hall–Kier alpha value is -2.90. The summed E-state index contributed by atoms with van der Waals surface area (Å²) in [4.78, 5) is 17.5. The number of ether oxygens (including phenoxy) is 1. The molecule has 2 heterocycles. The number of benzene rings is 2. The number of fused-ring (bicyclic) bond motifs is 1.